The average Bonchev–Trinajstić information content (AvgIpc) is 2.99. The summed E-state index contributed by atoms with van der Waals surface area (Å²) in [6.45, 7) is 2.67. The Hall–Kier alpha value is -1.06. The van der Waals surface area contributed by atoms with Crippen LogP contribution in [0.5, 0.6) is 0 Å². The summed E-state index contributed by atoms with van der Waals surface area (Å²) >= 11 is 1.67. The van der Waals surface area contributed by atoms with E-state index in [1.54, 1.807) is 6.20 Å². The van der Waals surface area contributed by atoms with Gasteiger partial charge in [0.25, 0.3) is 0 Å². The molecule has 0 aromatic carbocycles. The zero-order valence-electron chi connectivity index (χ0n) is 9.94. The van der Waals surface area contributed by atoms with Gasteiger partial charge in [0.05, 0.1) is 29.7 Å². The summed E-state index contributed by atoms with van der Waals surface area (Å²) in [6.07, 6.45) is -0.720. The predicted molar refractivity (Wildman–Crippen MR) is 67.2 cm³/mol. The van der Waals surface area contributed by atoms with Crippen LogP contribution in [-0.2, 0) is 6.18 Å². The van der Waals surface area contributed by atoms with Crippen LogP contribution >= 0.6 is 23.1 Å². The summed E-state index contributed by atoms with van der Waals surface area (Å²) in [5, 5.41) is 2.32. The van der Waals surface area contributed by atoms with Gasteiger partial charge in [-0.3, -0.25) is 0 Å². The highest BCUT2D eigenvalue weighted by Crippen LogP contribution is 2.35. The number of thiazole rings is 1. The van der Waals surface area contributed by atoms with E-state index in [-0.39, 0.29) is 6.04 Å². The molecule has 104 valence electrons. The second kappa shape index (κ2) is 5.93. The predicted octanol–water partition coefficient (Wildman–Crippen LogP) is 3.10. The van der Waals surface area contributed by atoms with Crippen LogP contribution < -0.4 is 5.32 Å². The number of aromatic nitrogens is 3. The van der Waals surface area contributed by atoms with Gasteiger partial charge in [0, 0.05) is 11.1 Å². The van der Waals surface area contributed by atoms with E-state index in [4.69, 9.17) is 0 Å². The molecular formula is C10H11F3N4S2. The Morgan fingerprint density at radius 3 is 2.68 bits per heavy atom. The van der Waals surface area contributed by atoms with Crippen molar-refractivity contribution >= 4 is 23.1 Å². The summed E-state index contributed by atoms with van der Waals surface area (Å²) in [4.78, 5) is 3.93. The fourth-order valence-electron chi connectivity index (χ4n) is 1.49. The number of nitrogens with one attached hydrogen (secondary N) is 1. The van der Waals surface area contributed by atoms with Crippen LogP contribution in [0, 0.1) is 0 Å². The minimum absolute atomic E-state index is 0.382. The van der Waals surface area contributed by atoms with Crippen molar-refractivity contribution in [2.24, 2.45) is 0 Å². The number of hydrogen-bond donors (Lipinski definition) is 1. The highest BCUT2D eigenvalue weighted by Gasteiger charge is 2.35. The summed E-state index contributed by atoms with van der Waals surface area (Å²) in [7, 11) is 0. The number of nitrogens with zero attached hydrogens (tertiary/aromatic N) is 3. The molecule has 0 aliphatic heterocycles. The maximum Gasteiger partial charge on any atom is 0.443 e. The monoisotopic (exact) mass is 308 g/mol. The fraction of sp³-hybridized carbons (Fsp3) is 0.500. The van der Waals surface area contributed by atoms with Crippen molar-refractivity contribution in [3.63, 3.8) is 0 Å². The van der Waals surface area contributed by atoms with Crippen LogP contribution in [0.3, 0.4) is 0 Å². The Labute approximate surface area is 116 Å². The molecule has 19 heavy (non-hydrogen) atoms. The van der Waals surface area contributed by atoms with Gasteiger partial charge in [0.15, 0.2) is 5.01 Å². The van der Waals surface area contributed by atoms with Crippen LogP contribution in [0.1, 0.15) is 35.0 Å². The molecule has 4 nitrogen and oxygen atoms in total. The van der Waals surface area contributed by atoms with Crippen molar-refractivity contribution < 1.29 is 13.2 Å². The Kier molecular flexibility index (Phi) is 4.48. The molecule has 0 aliphatic carbocycles. The van der Waals surface area contributed by atoms with Gasteiger partial charge in [-0.15, -0.1) is 11.3 Å². The van der Waals surface area contributed by atoms with Gasteiger partial charge in [0.2, 0.25) is 0 Å². The number of hydrogen-bond acceptors (Lipinski definition) is 6. The smallest absolute Gasteiger partial charge is 0.304 e. The van der Waals surface area contributed by atoms with E-state index in [2.05, 4.69) is 19.0 Å². The van der Waals surface area contributed by atoms with E-state index in [1.165, 1.54) is 6.20 Å². The SMILES string of the molecule is CCCNC(c1cnsn1)c1cnc(C(F)(F)F)s1. The van der Waals surface area contributed by atoms with E-state index >= 15 is 0 Å². The molecule has 2 rings (SSSR count). The van der Waals surface area contributed by atoms with Crippen molar-refractivity contribution in [3.05, 3.63) is 28.0 Å². The van der Waals surface area contributed by atoms with E-state index in [1.807, 2.05) is 6.92 Å². The van der Waals surface area contributed by atoms with E-state index in [9.17, 15) is 13.2 Å². The Morgan fingerprint density at radius 1 is 1.37 bits per heavy atom. The molecule has 1 atom stereocenters. The first-order valence-electron chi connectivity index (χ1n) is 5.56. The Morgan fingerprint density at radius 2 is 2.16 bits per heavy atom. The quantitative estimate of drug-likeness (QED) is 0.922. The second-order valence-electron chi connectivity index (χ2n) is 3.78. The first kappa shape index (κ1) is 14.4. The normalized spacial score (nSPS) is 13.7. The third-order valence-corrected chi connectivity index (χ3v) is 3.92. The zero-order chi connectivity index (χ0) is 13.9. The fourth-order valence-corrected chi connectivity index (χ4v) is 2.81. The summed E-state index contributed by atoms with van der Waals surface area (Å²) < 4.78 is 45.6. The topological polar surface area (TPSA) is 50.7 Å². The summed E-state index contributed by atoms with van der Waals surface area (Å²) in [5.41, 5.74) is 0.621. The van der Waals surface area contributed by atoms with Gasteiger partial charge < -0.3 is 5.32 Å². The average molecular weight is 308 g/mol. The van der Waals surface area contributed by atoms with Gasteiger partial charge in [-0.25, -0.2) is 4.98 Å². The van der Waals surface area contributed by atoms with Crippen LogP contribution in [0.25, 0.3) is 0 Å². The van der Waals surface area contributed by atoms with Crippen LogP contribution in [-0.4, -0.2) is 20.3 Å². The number of rotatable bonds is 5. The summed E-state index contributed by atoms with van der Waals surface area (Å²) in [5.74, 6) is 0. The highest BCUT2D eigenvalue weighted by molar-refractivity contribution is 7.11. The molecule has 1 unspecified atom stereocenters. The molecule has 9 heteroatoms. The first-order valence-corrected chi connectivity index (χ1v) is 7.10. The third-order valence-electron chi connectivity index (χ3n) is 2.32. The van der Waals surface area contributed by atoms with Crippen LogP contribution in [0.2, 0.25) is 0 Å². The molecule has 0 spiro atoms. The molecule has 0 amide bonds. The molecule has 0 aliphatic rings. The minimum Gasteiger partial charge on any atom is -0.304 e. The Balaban J connectivity index is 2.26. The van der Waals surface area contributed by atoms with Gasteiger partial charge in [-0.1, -0.05) is 6.92 Å². The zero-order valence-corrected chi connectivity index (χ0v) is 11.6. The van der Waals surface area contributed by atoms with Gasteiger partial charge in [0.1, 0.15) is 0 Å². The van der Waals surface area contributed by atoms with Gasteiger partial charge >= 0.3 is 6.18 Å². The molecule has 2 aromatic heterocycles. The Bertz CT molecular complexity index is 509. The van der Waals surface area contributed by atoms with Crippen molar-refractivity contribution in [1.82, 2.24) is 19.0 Å². The van der Waals surface area contributed by atoms with Crippen LogP contribution in [0.4, 0.5) is 13.2 Å². The lowest BCUT2D eigenvalue weighted by molar-refractivity contribution is -0.137. The minimum atomic E-state index is -4.40. The third kappa shape index (κ3) is 3.48. The molecule has 0 saturated carbocycles. The lowest BCUT2D eigenvalue weighted by atomic mass is 10.2. The largest absolute Gasteiger partial charge is 0.443 e. The van der Waals surface area contributed by atoms with E-state index in [0.29, 0.717) is 28.5 Å². The molecular weight excluding hydrogens is 297 g/mol. The molecule has 0 radical (unpaired) electrons. The number of alkyl halides is 3. The van der Waals surface area contributed by atoms with Gasteiger partial charge in [-0.2, -0.15) is 21.9 Å². The molecule has 2 aromatic rings. The molecule has 2 heterocycles. The maximum atomic E-state index is 12.6. The van der Waals surface area contributed by atoms with Crippen molar-refractivity contribution in [3.8, 4) is 0 Å². The van der Waals surface area contributed by atoms with E-state index < -0.39 is 11.2 Å². The molecule has 0 bridgehead atoms. The van der Waals surface area contributed by atoms with Crippen LogP contribution in [0.15, 0.2) is 12.4 Å². The highest BCUT2D eigenvalue weighted by atomic mass is 32.1. The lowest BCUT2D eigenvalue weighted by Gasteiger charge is -2.13. The molecule has 0 saturated heterocycles. The molecule has 0 fully saturated rings. The first-order chi connectivity index (χ1) is 9.02. The number of halogens is 3. The standard InChI is InChI=1S/C10H11F3N4S2/c1-2-3-14-8(6-4-16-19-17-6)7-5-15-9(18-7)10(11,12)13/h4-5,8,14H,2-3H2,1H3. The van der Waals surface area contributed by atoms with E-state index in [0.717, 1.165) is 18.1 Å². The van der Waals surface area contributed by atoms with Crippen molar-refractivity contribution in [1.29, 1.82) is 0 Å². The van der Waals surface area contributed by atoms with Gasteiger partial charge in [-0.05, 0) is 13.0 Å². The lowest BCUT2D eigenvalue weighted by Crippen LogP contribution is -2.22. The van der Waals surface area contributed by atoms with Crippen molar-refractivity contribution in [2.75, 3.05) is 6.54 Å². The molecule has 1 N–H and O–H groups in total. The second-order valence-corrected chi connectivity index (χ2v) is 5.40. The maximum absolute atomic E-state index is 12.6. The summed E-state index contributed by atoms with van der Waals surface area (Å²) in [6, 6.07) is -0.382. The van der Waals surface area contributed by atoms with Crippen molar-refractivity contribution in [2.45, 2.75) is 25.6 Å².